The van der Waals surface area contributed by atoms with Gasteiger partial charge in [-0.15, -0.1) is 0 Å². The molecule has 0 atom stereocenters. The quantitative estimate of drug-likeness (QED) is 0.623. The van der Waals surface area contributed by atoms with Crippen LogP contribution in [0.2, 0.25) is 0 Å². The third kappa shape index (κ3) is 4.37. The van der Waals surface area contributed by atoms with E-state index in [0.29, 0.717) is 18.8 Å². The summed E-state index contributed by atoms with van der Waals surface area (Å²) >= 11 is 0. The molecule has 2 rings (SSSR count). The molecule has 0 radical (unpaired) electrons. The van der Waals surface area contributed by atoms with Crippen molar-refractivity contribution in [3.05, 3.63) is 0 Å². The number of carbonyl (C=O) groups excluding carboxylic acids is 3. The van der Waals surface area contributed by atoms with Gasteiger partial charge in [-0.3, -0.25) is 14.5 Å². The minimum Gasteiger partial charge on any atom is -0.353 e. The molecule has 2 fully saturated rings. The average molecular weight is 367 g/mol. The van der Waals surface area contributed by atoms with Crippen LogP contribution in [0.3, 0.4) is 0 Å². The van der Waals surface area contributed by atoms with Crippen LogP contribution < -0.4 is 16.4 Å². The number of rotatable bonds is 6. The van der Waals surface area contributed by atoms with E-state index in [9.17, 15) is 14.4 Å². The maximum absolute atomic E-state index is 12.9. The Morgan fingerprint density at radius 2 is 1.85 bits per heavy atom. The summed E-state index contributed by atoms with van der Waals surface area (Å²) in [5, 5.41) is 5.55. The summed E-state index contributed by atoms with van der Waals surface area (Å²) in [6.07, 6.45) is 4.19. The summed E-state index contributed by atoms with van der Waals surface area (Å²) in [7, 11) is 0. The lowest BCUT2D eigenvalue weighted by atomic mass is 9.65. The summed E-state index contributed by atoms with van der Waals surface area (Å²) < 4.78 is 0. The Morgan fingerprint density at radius 3 is 2.35 bits per heavy atom. The molecule has 7 nitrogen and oxygen atoms in total. The van der Waals surface area contributed by atoms with Gasteiger partial charge in [0, 0.05) is 12.1 Å². The fraction of sp³-hybridized carbons (Fsp3) is 0.842. The summed E-state index contributed by atoms with van der Waals surface area (Å²) in [6.45, 7) is 10.3. The van der Waals surface area contributed by atoms with Gasteiger partial charge in [-0.05, 0) is 50.9 Å². The lowest BCUT2D eigenvalue weighted by molar-refractivity contribution is -0.136. The zero-order valence-corrected chi connectivity index (χ0v) is 16.8. The van der Waals surface area contributed by atoms with Crippen molar-refractivity contribution in [2.24, 2.45) is 17.1 Å². The molecule has 1 aliphatic heterocycles. The van der Waals surface area contributed by atoms with E-state index >= 15 is 0 Å². The summed E-state index contributed by atoms with van der Waals surface area (Å²) in [4.78, 5) is 38.3. The van der Waals surface area contributed by atoms with Gasteiger partial charge in [-0.2, -0.15) is 0 Å². The van der Waals surface area contributed by atoms with Crippen molar-refractivity contribution in [3.63, 3.8) is 0 Å². The molecule has 7 heteroatoms. The highest BCUT2D eigenvalue weighted by Gasteiger charge is 2.53. The van der Waals surface area contributed by atoms with Gasteiger partial charge in [-0.25, -0.2) is 4.79 Å². The second-order valence-electron chi connectivity index (χ2n) is 9.29. The molecule has 26 heavy (non-hydrogen) atoms. The van der Waals surface area contributed by atoms with Gasteiger partial charge in [0.2, 0.25) is 5.91 Å². The van der Waals surface area contributed by atoms with E-state index in [4.69, 9.17) is 5.73 Å². The van der Waals surface area contributed by atoms with Gasteiger partial charge < -0.3 is 16.4 Å². The maximum atomic E-state index is 12.9. The molecule has 2 aliphatic rings. The number of carbonyl (C=O) groups is 3. The summed E-state index contributed by atoms with van der Waals surface area (Å²) in [6, 6.07) is -0.467. The molecular formula is C19H34N4O3. The molecule has 1 aliphatic carbocycles. The molecule has 1 saturated heterocycles. The van der Waals surface area contributed by atoms with Crippen molar-refractivity contribution in [2.45, 2.75) is 77.8 Å². The minimum absolute atomic E-state index is 0.238. The molecule has 1 heterocycles. The van der Waals surface area contributed by atoms with Crippen LogP contribution in [0.1, 0.15) is 66.7 Å². The van der Waals surface area contributed by atoms with E-state index in [1.54, 1.807) is 13.8 Å². The fourth-order valence-electron chi connectivity index (χ4n) is 3.87. The number of nitrogens with zero attached hydrogens (tertiary/aromatic N) is 1. The van der Waals surface area contributed by atoms with Crippen molar-refractivity contribution in [2.75, 3.05) is 13.1 Å². The average Bonchev–Trinajstić information content (AvgIpc) is 2.77. The monoisotopic (exact) mass is 366 g/mol. The smallest absolute Gasteiger partial charge is 0.325 e. The third-order valence-corrected chi connectivity index (χ3v) is 6.14. The molecule has 148 valence electrons. The van der Waals surface area contributed by atoms with E-state index in [1.807, 2.05) is 0 Å². The number of nitrogens with one attached hydrogen (secondary N) is 2. The first-order valence-electron chi connectivity index (χ1n) is 9.60. The Hall–Kier alpha value is -1.63. The number of imide groups is 1. The SMILES string of the molecule is CCC(C)(C)C1CCC2(CC1)NC(=O)N(CC(=O)NCC(C)(C)N)C2=O. The Bertz CT molecular complexity index is 572. The first-order valence-corrected chi connectivity index (χ1v) is 9.60. The molecule has 0 aromatic heterocycles. The first-order chi connectivity index (χ1) is 11.9. The highest BCUT2D eigenvalue weighted by Crippen LogP contribution is 2.45. The van der Waals surface area contributed by atoms with E-state index in [2.05, 4.69) is 31.4 Å². The van der Waals surface area contributed by atoms with E-state index < -0.39 is 17.1 Å². The second-order valence-corrected chi connectivity index (χ2v) is 9.29. The Balaban J connectivity index is 1.98. The maximum Gasteiger partial charge on any atom is 0.325 e. The zero-order valence-electron chi connectivity index (χ0n) is 16.8. The number of hydrogen-bond acceptors (Lipinski definition) is 4. The van der Waals surface area contributed by atoms with Gasteiger partial charge >= 0.3 is 6.03 Å². The van der Waals surface area contributed by atoms with Crippen LogP contribution in [0.25, 0.3) is 0 Å². The van der Waals surface area contributed by atoms with Crippen molar-refractivity contribution in [1.29, 1.82) is 0 Å². The molecule has 4 N–H and O–H groups in total. The summed E-state index contributed by atoms with van der Waals surface area (Å²) in [5.74, 6) is -0.0887. The lowest BCUT2D eigenvalue weighted by Crippen LogP contribution is -2.51. The van der Waals surface area contributed by atoms with Gasteiger partial charge in [0.05, 0.1) is 0 Å². The van der Waals surface area contributed by atoms with Crippen LogP contribution in [0.15, 0.2) is 0 Å². The molecular weight excluding hydrogens is 332 g/mol. The standard InChI is InChI=1S/C19H34N4O3/c1-6-17(2,3)13-7-9-19(10-8-13)15(25)23(16(26)22-19)11-14(24)21-12-18(4,5)20/h13H,6-12,20H2,1-5H3,(H,21,24)(H,22,26). The lowest BCUT2D eigenvalue weighted by Gasteiger charge is -2.42. The van der Waals surface area contributed by atoms with Crippen LogP contribution in [-0.2, 0) is 9.59 Å². The second kappa shape index (κ2) is 7.18. The number of urea groups is 1. The number of amides is 4. The highest BCUT2D eigenvalue weighted by molar-refractivity contribution is 6.09. The molecule has 1 saturated carbocycles. The Labute approximate surface area is 156 Å². The van der Waals surface area contributed by atoms with Gasteiger partial charge in [0.1, 0.15) is 12.1 Å². The largest absolute Gasteiger partial charge is 0.353 e. The van der Waals surface area contributed by atoms with Crippen LogP contribution in [0.4, 0.5) is 4.79 Å². The number of hydrogen-bond donors (Lipinski definition) is 3. The topological polar surface area (TPSA) is 105 Å². The summed E-state index contributed by atoms with van der Waals surface area (Å²) in [5.41, 5.74) is 4.71. The minimum atomic E-state index is -0.829. The third-order valence-electron chi connectivity index (χ3n) is 6.14. The molecule has 4 amide bonds. The van der Waals surface area contributed by atoms with E-state index in [1.165, 1.54) is 0 Å². The van der Waals surface area contributed by atoms with Gasteiger partial charge in [0.15, 0.2) is 0 Å². The van der Waals surface area contributed by atoms with Crippen molar-refractivity contribution in [1.82, 2.24) is 15.5 Å². The van der Waals surface area contributed by atoms with Crippen molar-refractivity contribution in [3.8, 4) is 0 Å². The van der Waals surface area contributed by atoms with Crippen LogP contribution in [0, 0.1) is 11.3 Å². The molecule has 0 aromatic carbocycles. The molecule has 1 spiro atoms. The van der Waals surface area contributed by atoms with Crippen LogP contribution in [0.5, 0.6) is 0 Å². The first kappa shape index (κ1) is 20.7. The number of nitrogens with two attached hydrogens (primary N) is 1. The normalized spacial score (nSPS) is 27.0. The van der Waals surface area contributed by atoms with E-state index in [-0.39, 0.29) is 30.3 Å². The van der Waals surface area contributed by atoms with Crippen LogP contribution in [-0.4, -0.2) is 46.9 Å². The molecule has 0 bridgehead atoms. The predicted molar refractivity (Wildman–Crippen MR) is 100 cm³/mol. The zero-order chi connectivity index (χ0) is 19.8. The highest BCUT2D eigenvalue weighted by atomic mass is 16.2. The predicted octanol–water partition coefficient (Wildman–Crippen LogP) is 1.76. The van der Waals surface area contributed by atoms with Gasteiger partial charge in [-0.1, -0.05) is 27.2 Å². The van der Waals surface area contributed by atoms with E-state index in [0.717, 1.165) is 24.2 Å². The molecule has 0 unspecified atom stereocenters. The van der Waals surface area contributed by atoms with Crippen molar-refractivity contribution < 1.29 is 14.4 Å². The van der Waals surface area contributed by atoms with Crippen LogP contribution >= 0.6 is 0 Å². The van der Waals surface area contributed by atoms with Crippen molar-refractivity contribution >= 4 is 17.8 Å². The fourth-order valence-corrected chi connectivity index (χ4v) is 3.87. The Morgan fingerprint density at radius 1 is 1.27 bits per heavy atom. The molecule has 0 aromatic rings. The van der Waals surface area contributed by atoms with Gasteiger partial charge in [0.25, 0.3) is 5.91 Å². The Kier molecular flexibility index (Phi) is 5.71.